The molecule has 1 aromatic rings. The van der Waals surface area contributed by atoms with Crippen molar-refractivity contribution in [2.24, 2.45) is 4.99 Å². The number of aromatic nitrogens is 2. The van der Waals surface area contributed by atoms with Gasteiger partial charge in [0.2, 0.25) is 5.95 Å². The number of nitrogens with one attached hydrogen (secondary N) is 1. The van der Waals surface area contributed by atoms with E-state index in [0.717, 1.165) is 64.2 Å². The maximum atomic E-state index is 5.07. The van der Waals surface area contributed by atoms with Crippen molar-refractivity contribution in [3.05, 3.63) is 18.5 Å². The highest BCUT2D eigenvalue weighted by molar-refractivity contribution is 14.0. The second-order valence-electron chi connectivity index (χ2n) is 5.10. The summed E-state index contributed by atoms with van der Waals surface area (Å²) in [4.78, 5) is 17.8. The molecule has 1 fully saturated rings. The van der Waals surface area contributed by atoms with Gasteiger partial charge in [-0.15, -0.1) is 24.0 Å². The van der Waals surface area contributed by atoms with E-state index in [9.17, 15) is 0 Å². The van der Waals surface area contributed by atoms with Gasteiger partial charge < -0.3 is 19.9 Å². The van der Waals surface area contributed by atoms with Gasteiger partial charge in [0.15, 0.2) is 5.96 Å². The molecule has 7 nitrogen and oxygen atoms in total. The van der Waals surface area contributed by atoms with Gasteiger partial charge >= 0.3 is 0 Å². The molecule has 1 aromatic heterocycles. The van der Waals surface area contributed by atoms with Crippen LogP contribution in [0.3, 0.4) is 0 Å². The van der Waals surface area contributed by atoms with Crippen LogP contribution in [0.4, 0.5) is 5.95 Å². The monoisotopic (exact) mass is 434 g/mol. The van der Waals surface area contributed by atoms with Crippen molar-refractivity contribution in [2.45, 2.75) is 13.3 Å². The Hall–Kier alpha value is -1.16. The average molecular weight is 434 g/mol. The van der Waals surface area contributed by atoms with Gasteiger partial charge in [0.1, 0.15) is 0 Å². The zero-order valence-electron chi connectivity index (χ0n) is 13.9. The number of anilines is 1. The highest BCUT2D eigenvalue weighted by atomic mass is 127. The van der Waals surface area contributed by atoms with E-state index >= 15 is 0 Å². The molecule has 0 aromatic carbocycles. The lowest BCUT2D eigenvalue weighted by atomic mass is 10.3. The van der Waals surface area contributed by atoms with E-state index < -0.39 is 0 Å². The maximum absolute atomic E-state index is 5.07. The summed E-state index contributed by atoms with van der Waals surface area (Å²) >= 11 is 0. The SMILES string of the molecule is CCNC(=NCCCOC)N1CCN(c2ncccn2)CC1.I. The molecule has 0 aliphatic carbocycles. The Bertz CT molecular complexity index is 451. The van der Waals surface area contributed by atoms with Gasteiger partial charge in [-0.3, -0.25) is 4.99 Å². The minimum Gasteiger partial charge on any atom is -0.385 e. The predicted octanol–water partition coefficient (Wildman–Crippen LogP) is 1.22. The van der Waals surface area contributed by atoms with Gasteiger partial charge in [0.05, 0.1) is 0 Å². The molecule has 0 spiro atoms. The summed E-state index contributed by atoms with van der Waals surface area (Å²) in [6.45, 7) is 8.19. The molecule has 0 saturated carbocycles. The minimum absolute atomic E-state index is 0. The Labute approximate surface area is 155 Å². The van der Waals surface area contributed by atoms with Crippen LogP contribution in [-0.2, 0) is 4.74 Å². The highest BCUT2D eigenvalue weighted by Gasteiger charge is 2.20. The number of halogens is 1. The third kappa shape index (κ3) is 6.46. The molecule has 0 radical (unpaired) electrons. The molecule has 2 heterocycles. The average Bonchev–Trinajstić information content (AvgIpc) is 2.59. The molecular formula is C15H27IN6O. The van der Waals surface area contributed by atoms with E-state index in [1.807, 2.05) is 6.07 Å². The first-order chi connectivity index (χ1) is 10.8. The Morgan fingerprint density at radius 3 is 2.57 bits per heavy atom. The second-order valence-corrected chi connectivity index (χ2v) is 5.10. The molecule has 130 valence electrons. The van der Waals surface area contributed by atoms with Crippen molar-refractivity contribution in [1.29, 1.82) is 0 Å². The maximum Gasteiger partial charge on any atom is 0.225 e. The topological polar surface area (TPSA) is 65.9 Å². The van der Waals surface area contributed by atoms with Crippen LogP contribution >= 0.6 is 24.0 Å². The van der Waals surface area contributed by atoms with Crippen molar-refractivity contribution in [2.75, 3.05) is 57.9 Å². The van der Waals surface area contributed by atoms with E-state index in [0.29, 0.717) is 0 Å². The number of methoxy groups -OCH3 is 1. The van der Waals surface area contributed by atoms with E-state index in [1.54, 1.807) is 19.5 Å². The predicted molar refractivity (Wildman–Crippen MR) is 104 cm³/mol. The number of nitrogens with zero attached hydrogens (tertiary/aromatic N) is 5. The van der Waals surface area contributed by atoms with Crippen LogP contribution in [0, 0.1) is 0 Å². The van der Waals surface area contributed by atoms with Crippen LogP contribution in [0.1, 0.15) is 13.3 Å². The molecule has 2 rings (SSSR count). The second kappa shape index (κ2) is 11.4. The zero-order chi connectivity index (χ0) is 15.6. The van der Waals surface area contributed by atoms with Crippen LogP contribution in [0.15, 0.2) is 23.5 Å². The van der Waals surface area contributed by atoms with E-state index in [4.69, 9.17) is 4.74 Å². The Balaban J connectivity index is 0.00000264. The molecule has 1 aliphatic rings. The Morgan fingerprint density at radius 1 is 1.26 bits per heavy atom. The van der Waals surface area contributed by atoms with Crippen LogP contribution < -0.4 is 10.2 Å². The van der Waals surface area contributed by atoms with Crippen molar-refractivity contribution in [3.63, 3.8) is 0 Å². The molecular weight excluding hydrogens is 407 g/mol. The fraction of sp³-hybridized carbons (Fsp3) is 0.667. The van der Waals surface area contributed by atoms with Crippen LogP contribution in [-0.4, -0.2) is 73.8 Å². The lowest BCUT2D eigenvalue weighted by Crippen LogP contribution is -2.53. The molecule has 0 atom stereocenters. The van der Waals surface area contributed by atoms with Gasteiger partial charge in [0.25, 0.3) is 0 Å². The van der Waals surface area contributed by atoms with Crippen molar-refractivity contribution in [3.8, 4) is 0 Å². The lowest BCUT2D eigenvalue weighted by molar-refractivity contribution is 0.197. The third-order valence-corrected chi connectivity index (χ3v) is 3.52. The summed E-state index contributed by atoms with van der Waals surface area (Å²) in [5, 5.41) is 3.37. The van der Waals surface area contributed by atoms with Gasteiger partial charge in [-0.1, -0.05) is 0 Å². The van der Waals surface area contributed by atoms with E-state index in [2.05, 4.69) is 37.0 Å². The largest absolute Gasteiger partial charge is 0.385 e. The molecule has 0 unspecified atom stereocenters. The molecule has 0 bridgehead atoms. The standard InChI is InChI=1S/C15H26N6O.HI/c1-3-16-14(19-8-5-13-22-2)20-9-11-21(12-10-20)15-17-6-4-7-18-15;/h4,6-7H,3,5,8-13H2,1-2H3,(H,16,19);1H. The van der Waals surface area contributed by atoms with Crippen molar-refractivity contribution >= 4 is 35.9 Å². The quantitative estimate of drug-likeness (QED) is 0.315. The summed E-state index contributed by atoms with van der Waals surface area (Å²) in [6.07, 6.45) is 4.52. The highest BCUT2D eigenvalue weighted by Crippen LogP contribution is 2.09. The van der Waals surface area contributed by atoms with Gasteiger partial charge in [-0.05, 0) is 19.4 Å². The Kier molecular flexibility index (Phi) is 9.85. The van der Waals surface area contributed by atoms with Gasteiger partial charge in [-0.2, -0.15) is 0 Å². The normalized spacial score (nSPS) is 15.3. The number of hydrogen-bond acceptors (Lipinski definition) is 5. The lowest BCUT2D eigenvalue weighted by Gasteiger charge is -2.36. The van der Waals surface area contributed by atoms with Crippen molar-refractivity contribution in [1.82, 2.24) is 20.2 Å². The van der Waals surface area contributed by atoms with Crippen LogP contribution in [0.2, 0.25) is 0 Å². The summed E-state index contributed by atoms with van der Waals surface area (Å²) in [5.41, 5.74) is 0. The first-order valence-electron chi connectivity index (χ1n) is 7.89. The number of ether oxygens (including phenoxy) is 1. The summed E-state index contributed by atoms with van der Waals surface area (Å²) in [6, 6.07) is 1.84. The number of piperazine rings is 1. The summed E-state index contributed by atoms with van der Waals surface area (Å²) in [7, 11) is 1.72. The van der Waals surface area contributed by atoms with Crippen LogP contribution in [0.5, 0.6) is 0 Å². The third-order valence-electron chi connectivity index (χ3n) is 3.52. The van der Waals surface area contributed by atoms with E-state index in [-0.39, 0.29) is 24.0 Å². The van der Waals surface area contributed by atoms with Crippen molar-refractivity contribution < 1.29 is 4.74 Å². The van der Waals surface area contributed by atoms with Gasteiger partial charge in [0, 0.05) is 65.4 Å². The molecule has 0 amide bonds. The number of guanidine groups is 1. The smallest absolute Gasteiger partial charge is 0.225 e. The molecule has 23 heavy (non-hydrogen) atoms. The molecule has 1 N–H and O–H groups in total. The summed E-state index contributed by atoms with van der Waals surface area (Å²) in [5.74, 6) is 1.80. The number of aliphatic imine (C=N–C) groups is 1. The first kappa shape index (κ1) is 19.9. The fourth-order valence-electron chi connectivity index (χ4n) is 2.39. The minimum atomic E-state index is 0. The number of hydrogen-bond donors (Lipinski definition) is 1. The molecule has 1 aliphatic heterocycles. The van der Waals surface area contributed by atoms with Crippen LogP contribution in [0.25, 0.3) is 0 Å². The Morgan fingerprint density at radius 2 is 1.96 bits per heavy atom. The van der Waals surface area contributed by atoms with E-state index in [1.165, 1.54) is 0 Å². The molecule has 8 heteroatoms. The summed E-state index contributed by atoms with van der Waals surface area (Å²) < 4.78 is 5.07. The fourth-order valence-corrected chi connectivity index (χ4v) is 2.39. The zero-order valence-corrected chi connectivity index (χ0v) is 16.3. The number of rotatable bonds is 6. The molecule has 1 saturated heterocycles. The van der Waals surface area contributed by atoms with Gasteiger partial charge in [-0.25, -0.2) is 9.97 Å². The first-order valence-corrected chi connectivity index (χ1v) is 7.89.